The molecule has 4 heteroatoms. The van der Waals surface area contributed by atoms with Crippen molar-refractivity contribution in [3.05, 3.63) is 185 Å². The van der Waals surface area contributed by atoms with Crippen molar-refractivity contribution in [2.24, 2.45) is 0 Å². The summed E-state index contributed by atoms with van der Waals surface area (Å²) in [5.74, 6) is 4.74. The summed E-state index contributed by atoms with van der Waals surface area (Å²) in [6.07, 6.45) is 1.99. The molecule has 0 N–H and O–H groups in total. The maximum absolute atomic E-state index is 6.94. The molecule has 0 saturated heterocycles. The van der Waals surface area contributed by atoms with Gasteiger partial charge in [0.1, 0.15) is 23.0 Å². The number of nitrogens with zero attached hydrogens (tertiary/aromatic N) is 1. The molecular weight excluding hydrogens is 669 g/mol. The smallest absolute Gasteiger partial charge is 0.251 e. The van der Waals surface area contributed by atoms with Gasteiger partial charge in [-0.15, -0.1) is 0 Å². The number of benzene rings is 6. The van der Waals surface area contributed by atoms with Crippen LogP contribution in [-0.2, 0) is 5.41 Å². The first kappa shape index (κ1) is 35.0. The Labute approximate surface area is 327 Å². The molecule has 3 aliphatic heterocycles. The van der Waals surface area contributed by atoms with Crippen molar-refractivity contribution >= 4 is 40.2 Å². The van der Waals surface area contributed by atoms with Crippen molar-refractivity contribution < 1.29 is 9.47 Å². The minimum atomic E-state index is -0.609. The summed E-state index contributed by atoms with van der Waals surface area (Å²) in [6.45, 7) is 20.4. The van der Waals surface area contributed by atoms with Gasteiger partial charge in [0.15, 0.2) is 0 Å². The average Bonchev–Trinajstić information content (AvgIpc) is 3.19. The van der Waals surface area contributed by atoms with Gasteiger partial charge in [-0.25, -0.2) is 0 Å². The van der Waals surface area contributed by atoms with Crippen LogP contribution >= 0.6 is 0 Å². The van der Waals surface area contributed by atoms with E-state index in [4.69, 9.17) is 9.47 Å². The topological polar surface area (TPSA) is 21.7 Å². The highest BCUT2D eigenvalue weighted by Crippen LogP contribution is 2.61. The lowest BCUT2D eigenvalue weighted by molar-refractivity contribution is 0.386. The van der Waals surface area contributed by atoms with Gasteiger partial charge in [-0.3, -0.25) is 0 Å². The van der Waals surface area contributed by atoms with Crippen LogP contribution in [0, 0.1) is 0 Å². The lowest BCUT2D eigenvalue weighted by atomic mass is 9.34. The molecule has 6 aromatic rings. The molecule has 0 atom stereocenters. The van der Waals surface area contributed by atoms with Crippen molar-refractivity contribution in [1.29, 1.82) is 0 Å². The van der Waals surface area contributed by atoms with E-state index in [0.717, 1.165) is 51.2 Å². The highest BCUT2D eigenvalue weighted by atomic mass is 16.5. The van der Waals surface area contributed by atoms with Gasteiger partial charge in [0, 0.05) is 22.9 Å². The minimum absolute atomic E-state index is 0.0382. The molecule has 0 saturated carbocycles. The van der Waals surface area contributed by atoms with E-state index in [9.17, 15) is 0 Å². The lowest BCUT2D eigenvalue weighted by Crippen LogP contribution is -2.57. The molecule has 55 heavy (non-hydrogen) atoms. The van der Waals surface area contributed by atoms with E-state index in [2.05, 4.69) is 187 Å². The first-order valence-electron chi connectivity index (χ1n) is 19.8. The van der Waals surface area contributed by atoms with Crippen LogP contribution in [0.1, 0.15) is 99.6 Å². The maximum atomic E-state index is 6.94. The zero-order chi connectivity index (χ0) is 38.2. The molecule has 0 unspecified atom stereocenters. The molecule has 0 bridgehead atoms. The summed E-state index contributed by atoms with van der Waals surface area (Å²) >= 11 is 0. The number of hydrogen-bond donors (Lipinski definition) is 0. The highest BCUT2D eigenvalue weighted by Gasteiger charge is 2.51. The van der Waals surface area contributed by atoms with Crippen LogP contribution in [0.15, 0.2) is 151 Å². The molecule has 0 aromatic heterocycles. The average molecular weight is 718 g/mol. The molecule has 272 valence electrons. The fourth-order valence-corrected chi connectivity index (χ4v) is 9.64. The van der Waals surface area contributed by atoms with Gasteiger partial charge in [0.2, 0.25) is 0 Å². The summed E-state index contributed by atoms with van der Waals surface area (Å²) in [5, 5.41) is 0. The van der Waals surface area contributed by atoms with Crippen molar-refractivity contribution in [2.75, 3.05) is 4.90 Å². The second-order valence-electron chi connectivity index (χ2n) is 16.3. The van der Waals surface area contributed by atoms with E-state index in [1.165, 1.54) is 44.2 Å². The van der Waals surface area contributed by atoms with Crippen molar-refractivity contribution in [3.8, 4) is 17.2 Å². The summed E-state index contributed by atoms with van der Waals surface area (Å²) in [6, 6.07) is 46.6. The fourth-order valence-electron chi connectivity index (χ4n) is 9.64. The quantitative estimate of drug-likeness (QED) is 0.160. The summed E-state index contributed by atoms with van der Waals surface area (Å²) in [7, 11) is 0. The van der Waals surface area contributed by atoms with Gasteiger partial charge in [-0.1, -0.05) is 151 Å². The Morgan fingerprint density at radius 3 is 1.73 bits per heavy atom. The predicted octanol–water partition coefficient (Wildman–Crippen LogP) is 11.6. The van der Waals surface area contributed by atoms with Crippen LogP contribution in [0.25, 0.3) is 0 Å². The Morgan fingerprint density at radius 1 is 0.582 bits per heavy atom. The van der Waals surface area contributed by atoms with Crippen molar-refractivity contribution in [3.63, 3.8) is 0 Å². The van der Waals surface area contributed by atoms with Crippen LogP contribution in [0.3, 0.4) is 0 Å². The van der Waals surface area contributed by atoms with E-state index in [0.29, 0.717) is 17.8 Å². The Hall–Kier alpha value is -5.74. The molecule has 0 fully saturated rings. The standard InChI is InChI=1S/C51H48BNO2/c1-9-39-34(8)54-47-24-16-12-20-42(47)51(39)40-18-10-14-22-45(40)53(46-23-15-11-19-41(46)51)36-26-27-44-49(30-36)55-48-25-17-13-21-43(48)52(44)50-37(32(4)5)28-35(31(2)3)29-38(50)33(6)7/h9-33H,1H2,2-8H3. The van der Waals surface area contributed by atoms with Crippen LogP contribution in [0.2, 0.25) is 0 Å². The number of fused-ring (bicyclic) bond motifs is 8. The highest BCUT2D eigenvalue weighted by molar-refractivity contribution is 6.97. The van der Waals surface area contributed by atoms with E-state index in [-0.39, 0.29) is 6.71 Å². The third kappa shape index (κ3) is 5.18. The second kappa shape index (κ2) is 13.2. The largest absolute Gasteiger partial charge is 0.461 e. The minimum Gasteiger partial charge on any atom is -0.461 e. The van der Waals surface area contributed by atoms with Gasteiger partial charge >= 0.3 is 0 Å². The molecule has 3 nitrogen and oxygen atoms in total. The van der Waals surface area contributed by atoms with Crippen LogP contribution in [0.5, 0.6) is 17.2 Å². The fraction of sp³-hybridized carbons (Fsp3) is 0.216. The van der Waals surface area contributed by atoms with Gasteiger partial charge < -0.3 is 14.4 Å². The maximum Gasteiger partial charge on any atom is 0.251 e. The second-order valence-corrected chi connectivity index (χ2v) is 16.3. The number of rotatable bonds is 6. The molecule has 0 amide bonds. The van der Waals surface area contributed by atoms with Gasteiger partial charge in [0.05, 0.1) is 16.8 Å². The zero-order valence-corrected chi connectivity index (χ0v) is 33.0. The molecular formula is C51H48BNO2. The normalized spacial score (nSPS) is 14.9. The first-order chi connectivity index (χ1) is 26.6. The van der Waals surface area contributed by atoms with Gasteiger partial charge in [-0.2, -0.15) is 0 Å². The first-order valence-corrected chi connectivity index (χ1v) is 19.8. The Balaban J connectivity index is 1.28. The van der Waals surface area contributed by atoms with E-state index in [1.54, 1.807) is 0 Å². The molecule has 0 aliphatic carbocycles. The number of hydrogen-bond acceptors (Lipinski definition) is 3. The summed E-state index contributed by atoms with van der Waals surface area (Å²) in [5.41, 5.74) is 15.3. The van der Waals surface area contributed by atoms with Crippen LogP contribution < -0.4 is 30.8 Å². The molecule has 6 aromatic carbocycles. The Kier molecular flexibility index (Phi) is 8.42. The van der Waals surface area contributed by atoms with Gasteiger partial charge in [0.25, 0.3) is 6.71 Å². The SMILES string of the molecule is C=CC1=C(C)Oc2ccccc2C12c1ccccc1N(c1ccc3c(c1)Oc1ccccc1B3c1c(C(C)C)cc(C(C)C)cc1C(C)C)c1ccccc12. The van der Waals surface area contributed by atoms with Crippen LogP contribution in [-0.4, -0.2) is 6.71 Å². The summed E-state index contributed by atoms with van der Waals surface area (Å²) < 4.78 is 13.4. The number of anilines is 3. The number of ether oxygens (including phenoxy) is 2. The van der Waals surface area contributed by atoms with Crippen molar-refractivity contribution in [2.45, 2.75) is 71.6 Å². The Morgan fingerprint density at radius 2 is 1.13 bits per heavy atom. The molecule has 9 rings (SSSR count). The third-order valence-corrected chi connectivity index (χ3v) is 12.1. The van der Waals surface area contributed by atoms with Gasteiger partial charge in [-0.05, 0) is 93.8 Å². The monoisotopic (exact) mass is 717 g/mol. The number of para-hydroxylation sites is 4. The summed E-state index contributed by atoms with van der Waals surface area (Å²) in [4.78, 5) is 2.42. The molecule has 3 heterocycles. The molecule has 0 radical (unpaired) electrons. The van der Waals surface area contributed by atoms with Crippen molar-refractivity contribution in [1.82, 2.24) is 0 Å². The third-order valence-electron chi connectivity index (χ3n) is 12.1. The number of allylic oxidation sites excluding steroid dienone is 3. The lowest BCUT2D eigenvalue weighted by Gasteiger charge is -2.48. The predicted molar refractivity (Wildman–Crippen MR) is 231 cm³/mol. The molecule has 1 spiro atoms. The zero-order valence-electron chi connectivity index (χ0n) is 33.0. The van der Waals surface area contributed by atoms with E-state index >= 15 is 0 Å². The van der Waals surface area contributed by atoms with E-state index in [1.807, 2.05) is 6.08 Å². The van der Waals surface area contributed by atoms with E-state index < -0.39 is 5.41 Å². The Bertz CT molecular complexity index is 2460. The van der Waals surface area contributed by atoms with Crippen LogP contribution in [0.4, 0.5) is 17.1 Å². The molecule has 3 aliphatic rings.